The first-order valence-electron chi connectivity index (χ1n) is 6.56. The minimum Gasteiger partial charge on any atom is -0.369 e. The number of fused-ring (bicyclic) bond motifs is 1. The summed E-state index contributed by atoms with van der Waals surface area (Å²) < 4.78 is 2.03. The van der Waals surface area contributed by atoms with Crippen LogP contribution in [0.4, 0.5) is 5.95 Å². The van der Waals surface area contributed by atoms with Crippen LogP contribution in [0.5, 0.6) is 0 Å². The lowest BCUT2D eigenvalue weighted by Gasteiger charge is -2.18. The predicted molar refractivity (Wildman–Crippen MR) is 84.1 cm³/mol. The van der Waals surface area contributed by atoms with Gasteiger partial charge in [-0.3, -0.25) is 0 Å². The van der Waals surface area contributed by atoms with Gasteiger partial charge in [-0.1, -0.05) is 35.9 Å². The lowest BCUT2D eigenvalue weighted by Crippen LogP contribution is -2.11. The van der Waals surface area contributed by atoms with E-state index in [-0.39, 0.29) is 6.04 Å². The highest BCUT2D eigenvalue weighted by Crippen LogP contribution is 2.30. The van der Waals surface area contributed by atoms with E-state index in [0.717, 1.165) is 11.0 Å². The first kappa shape index (κ1) is 13.0. The molecule has 4 heteroatoms. The molecule has 1 heterocycles. The van der Waals surface area contributed by atoms with E-state index in [9.17, 15) is 0 Å². The number of nitrogen functional groups attached to an aromatic ring is 1. The van der Waals surface area contributed by atoms with Gasteiger partial charge in [-0.15, -0.1) is 0 Å². The number of aryl methyl sites for hydroxylation is 1. The number of anilines is 1. The Hall–Kier alpha value is -2.00. The number of hydrogen-bond donors (Lipinski definition) is 1. The Morgan fingerprint density at radius 1 is 1.20 bits per heavy atom. The third-order valence-corrected chi connectivity index (χ3v) is 3.94. The summed E-state index contributed by atoms with van der Waals surface area (Å²) in [6, 6.07) is 14.1. The largest absolute Gasteiger partial charge is 0.369 e. The van der Waals surface area contributed by atoms with Crippen molar-refractivity contribution in [2.45, 2.75) is 19.9 Å². The van der Waals surface area contributed by atoms with Crippen molar-refractivity contribution in [2.24, 2.45) is 0 Å². The number of halogens is 1. The molecule has 20 heavy (non-hydrogen) atoms. The van der Waals surface area contributed by atoms with Crippen molar-refractivity contribution in [1.29, 1.82) is 0 Å². The molecule has 0 radical (unpaired) electrons. The van der Waals surface area contributed by atoms with E-state index in [1.54, 1.807) is 0 Å². The summed E-state index contributed by atoms with van der Waals surface area (Å²) in [5, 5.41) is 0.690. The SMILES string of the molecule is Cc1ccccc1C(C)n1c(N)nc2ccc(Cl)cc21. The van der Waals surface area contributed by atoms with Crippen LogP contribution >= 0.6 is 11.6 Å². The zero-order valence-electron chi connectivity index (χ0n) is 11.5. The Morgan fingerprint density at radius 3 is 2.70 bits per heavy atom. The normalized spacial score (nSPS) is 12.8. The second kappa shape index (κ2) is 4.84. The molecule has 0 aliphatic carbocycles. The van der Waals surface area contributed by atoms with Gasteiger partial charge in [0.15, 0.2) is 0 Å². The summed E-state index contributed by atoms with van der Waals surface area (Å²) in [6.07, 6.45) is 0. The molecule has 1 unspecified atom stereocenters. The quantitative estimate of drug-likeness (QED) is 0.767. The summed E-state index contributed by atoms with van der Waals surface area (Å²) in [5.41, 5.74) is 10.4. The Balaban J connectivity index is 2.21. The van der Waals surface area contributed by atoms with Gasteiger partial charge in [0.1, 0.15) is 0 Å². The van der Waals surface area contributed by atoms with E-state index in [1.807, 2.05) is 34.9 Å². The molecule has 0 bridgehead atoms. The summed E-state index contributed by atoms with van der Waals surface area (Å²) in [7, 11) is 0. The maximum atomic E-state index is 6.10. The van der Waals surface area contributed by atoms with Crippen LogP contribution in [0.25, 0.3) is 11.0 Å². The van der Waals surface area contributed by atoms with Crippen LogP contribution in [0, 0.1) is 6.92 Å². The van der Waals surface area contributed by atoms with E-state index in [0.29, 0.717) is 11.0 Å². The lowest BCUT2D eigenvalue weighted by molar-refractivity contribution is 0.664. The van der Waals surface area contributed by atoms with Crippen LogP contribution in [0.15, 0.2) is 42.5 Å². The van der Waals surface area contributed by atoms with E-state index in [4.69, 9.17) is 17.3 Å². The topological polar surface area (TPSA) is 43.8 Å². The molecule has 0 saturated carbocycles. The van der Waals surface area contributed by atoms with Gasteiger partial charge in [-0.2, -0.15) is 0 Å². The van der Waals surface area contributed by atoms with E-state index >= 15 is 0 Å². The summed E-state index contributed by atoms with van der Waals surface area (Å²) in [6.45, 7) is 4.23. The maximum absolute atomic E-state index is 6.10. The van der Waals surface area contributed by atoms with Crippen molar-refractivity contribution in [1.82, 2.24) is 9.55 Å². The van der Waals surface area contributed by atoms with Crippen LogP contribution in [0.3, 0.4) is 0 Å². The molecule has 0 aliphatic rings. The minimum absolute atomic E-state index is 0.111. The number of hydrogen-bond acceptors (Lipinski definition) is 2. The molecule has 3 aromatic rings. The molecule has 0 saturated heterocycles. The average molecular weight is 286 g/mol. The highest BCUT2D eigenvalue weighted by Gasteiger charge is 2.17. The third-order valence-electron chi connectivity index (χ3n) is 3.70. The fourth-order valence-corrected chi connectivity index (χ4v) is 2.85. The first-order chi connectivity index (χ1) is 9.58. The Labute approximate surface area is 123 Å². The molecule has 3 rings (SSSR count). The third kappa shape index (κ3) is 2.04. The van der Waals surface area contributed by atoms with Crippen LogP contribution in [-0.4, -0.2) is 9.55 Å². The van der Waals surface area contributed by atoms with Gasteiger partial charge in [0, 0.05) is 5.02 Å². The smallest absolute Gasteiger partial charge is 0.201 e. The Morgan fingerprint density at radius 2 is 1.95 bits per heavy atom. The molecule has 102 valence electrons. The second-order valence-corrected chi connectivity index (χ2v) is 5.44. The van der Waals surface area contributed by atoms with Gasteiger partial charge >= 0.3 is 0 Å². The molecule has 2 aromatic carbocycles. The number of benzene rings is 2. The minimum atomic E-state index is 0.111. The molecule has 0 aliphatic heterocycles. The molecular weight excluding hydrogens is 270 g/mol. The predicted octanol–water partition coefficient (Wildman–Crippen LogP) is 4.19. The van der Waals surface area contributed by atoms with Crippen molar-refractivity contribution in [3.8, 4) is 0 Å². The standard InChI is InChI=1S/C16H16ClN3/c1-10-5-3-4-6-13(10)11(2)20-15-9-12(17)7-8-14(15)19-16(20)18/h3-9,11H,1-2H3,(H2,18,19). The van der Waals surface area contributed by atoms with Crippen LogP contribution in [0.2, 0.25) is 5.02 Å². The molecule has 2 N–H and O–H groups in total. The summed E-state index contributed by atoms with van der Waals surface area (Å²) in [5.74, 6) is 0.512. The zero-order chi connectivity index (χ0) is 14.3. The average Bonchev–Trinajstić information content (AvgIpc) is 2.74. The van der Waals surface area contributed by atoms with Gasteiger partial charge in [0.05, 0.1) is 17.1 Å². The first-order valence-corrected chi connectivity index (χ1v) is 6.94. The highest BCUT2D eigenvalue weighted by molar-refractivity contribution is 6.31. The Bertz CT molecular complexity index is 776. The molecule has 3 nitrogen and oxygen atoms in total. The lowest BCUT2D eigenvalue weighted by atomic mass is 10.0. The van der Waals surface area contributed by atoms with Gasteiger partial charge in [0.25, 0.3) is 0 Å². The molecule has 0 fully saturated rings. The summed E-state index contributed by atoms with van der Waals surface area (Å²) in [4.78, 5) is 4.41. The van der Waals surface area contributed by atoms with Gasteiger partial charge in [-0.25, -0.2) is 4.98 Å². The number of imidazole rings is 1. The van der Waals surface area contributed by atoms with Crippen molar-refractivity contribution in [3.05, 3.63) is 58.6 Å². The molecular formula is C16H16ClN3. The van der Waals surface area contributed by atoms with Crippen LogP contribution in [-0.2, 0) is 0 Å². The van der Waals surface area contributed by atoms with E-state index in [1.165, 1.54) is 11.1 Å². The van der Waals surface area contributed by atoms with Gasteiger partial charge < -0.3 is 10.3 Å². The fourth-order valence-electron chi connectivity index (χ4n) is 2.69. The van der Waals surface area contributed by atoms with Crippen LogP contribution in [0.1, 0.15) is 24.1 Å². The maximum Gasteiger partial charge on any atom is 0.201 e. The van der Waals surface area contributed by atoms with Crippen molar-refractivity contribution >= 4 is 28.6 Å². The van der Waals surface area contributed by atoms with Crippen molar-refractivity contribution < 1.29 is 0 Å². The van der Waals surface area contributed by atoms with Gasteiger partial charge in [-0.05, 0) is 43.2 Å². The molecule has 1 atom stereocenters. The number of rotatable bonds is 2. The number of nitrogens with two attached hydrogens (primary N) is 1. The van der Waals surface area contributed by atoms with E-state index < -0.39 is 0 Å². The number of aromatic nitrogens is 2. The summed E-state index contributed by atoms with van der Waals surface area (Å²) >= 11 is 6.10. The molecule has 1 aromatic heterocycles. The monoisotopic (exact) mass is 285 g/mol. The van der Waals surface area contributed by atoms with Crippen molar-refractivity contribution in [3.63, 3.8) is 0 Å². The molecule has 0 amide bonds. The van der Waals surface area contributed by atoms with E-state index in [2.05, 4.69) is 31.0 Å². The fraction of sp³-hybridized carbons (Fsp3) is 0.188. The molecule has 0 spiro atoms. The van der Waals surface area contributed by atoms with Crippen molar-refractivity contribution in [2.75, 3.05) is 5.73 Å². The second-order valence-electron chi connectivity index (χ2n) is 5.01. The van der Waals surface area contributed by atoms with Gasteiger partial charge in [0.2, 0.25) is 5.95 Å². The Kier molecular flexibility index (Phi) is 3.14. The highest BCUT2D eigenvalue weighted by atomic mass is 35.5. The number of nitrogens with zero attached hydrogens (tertiary/aromatic N) is 2. The zero-order valence-corrected chi connectivity index (χ0v) is 12.2. The van der Waals surface area contributed by atoms with Crippen LogP contribution < -0.4 is 5.73 Å².